The van der Waals surface area contributed by atoms with Gasteiger partial charge in [0.15, 0.2) is 5.78 Å². The minimum absolute atomic E-state index is 0.0417. The topological polar surface area (TPSA) is 34.9 Å². The fourth-order valence-electron chi connectivity index (χ4n) is 1.85. The SMILES string of the molecule is CCc1cc(CC(=O)c2ccc(Br)c(Cl)c2)n(C)n1. The number of carbonyl (C=O) groups is 1. The smallest absolute Gasteiger partial charge is 0.168 e. The maximum absolute atomic E-state index is 12.2. The average molecular weight is 342 g/mol. The quantitative estimate of drug-likeness (QED) is 0.792. The molecule has 0 bridgehead atoms. The molecule has 2 aromatic rings. The number of Topliss-reactive ketones (excluding diaryl/α,β-unsaturated/α-hetero) is 1. The lowest BCUT2D eigenvalue weighted by Gasteiger charge is -2.03. The first-order valence-electron chi connectivity index (χ1n) is 6.01. The lowest BCUT2D eigenvalue weighted by atomic mass is 10.1. The first kappa shape index (κ1) is 14.3. The Kier molecular flexibility index (Phi) is 4.42. The van der Waals surface area contributed by atoms with Gasteiger partial charge in [-0.15, -0.1) is 0 Å². The van der Waals surface area contributed by atoms with Gasteiger partial charge in [-0.25, -0.2) is 0 Å². The van der Waals surface area contributed by atoms with Gasteiger partial charge in [0.05, 0.1) is 17.1 Å². The molecule has 100 valence electrons. The van der Waals surface area contributed by atoms with Crippen molar-refractivity contribution in [3.63, 3.8) is 0 Å². The van der Waals surface area contributed by atoms with E-state index in [1.807, 2.05) is 20.0 Å². The molecule has 0 atom stereocenters. The number of ketones is 1. The number of rotatable bonds is 4. The molecule has 0 saturated heterocycles. The monoisotopic (exact) mass is 340 g/mol. The van der Waals surface area contributed by atoms with Crippen LogP contribution in [0.1, 0.15) is 28.7 Å². The number of halogens is 2. The van der Waals surface area contributed by atoms with Crippen LogP contribution in [0.4, 0.5) is 0 Å². The van der Waals surface area contributed by atoms with E-state index >= 15 is 0 Å². The van der Waals surface area contributed by atoms with Gasteiger partial charge in [-0.05, 0) is 40.5 Å². The van der Waals surface area contributed by atoms with Crippen LogP contribution in [0.25, 0.3) is 0 Å². The molecule has 0 fully saturated rings. The van der Waals surface area contributed by atoms with Crippen molar-refractivity contribution in [1.29, 1.82) is 0 Å². The van der Waals surface area contributed by atoms with Crippen LogP contribution in [0.15, 0.2) is 28.7 Å². The highest BCUT2D eigenvalue weighted by Gasteiger charge is 2.12. The van der Waals surface area contributed by atoms with E-state index in [1.165, 1.54) is 0 Å². The Bertz CT molecular complexity index is 622. The van der Waals surface area contributed by atoms with Crippen LogP contribution in [0.2, 0.25) is 5.02 Å². The summed E-state index contributed by atoms with van der Waals surface area (Å²) in [5.41, 5.74) is 2.53. The van der Waals surface area contributed by atoms with Gasteiger partial charge in [0.1, 0.15) is 0 Å². The van der Waals surface area contributed by atoms with Crippen LogP contribution in [0.5, 0.6) is 0 Å². The van der Waals surface area contributed by atoms with Gasteiger partial charge in [-0.3, -0.25) is 9.48 Å². The minimum atomic E-state index is 0.0417. The zero-order chi connectivity index (χ0) is 14.0. The molecule has 3 nitrogen and oxygen atoms in total. The van der Waals surface area contributed by atoms with Crippen LogP contribution >= 0.6 is 27.5 Å². The summed E-state index contributed by atoms with van der Waals surface area (Å²) in [5.74, 6) is 0.0417. The molecule has 0 spiro atoms. The van der Waals surface area contributed by atoms with E-state index in [0.717, 1.165) is 22.3 Å². The van der Waals surface area contributed by atoms with Gasteiger partial charge in [-0.2, -0.15) is 5.10 Å². The summed E-state index contributed by atoms with van der Waals surface area (Å²) in [7, 11) is 1.86. The van der Waals surface area contributed by atoms with Gasteiger partial charge in [0.25, 0.3) is 0 Å². The second kappa shape index (κ2) is 5.88. The Labute approximate surface area is 125 Å². The highest BCUT2D eigenvalue weighted by Crippen LogP contribution is 2.23. The lowest BCUT2D eigenvalue weighted by molar-refractivity contribution is 0.0990. The van der Waals surface area contributed by atoms with Crippen molar-refractivity contribution in [2.75, 3.05) is 0 Å². The predicted octanol–water partition coefficient (Wildman–Crippen LogP) is 3.82. The van der Waals surface area contributed by atoms with Gasteiger partial charge < -0.3 is 0 Å². The Morgan fingerprint density at radius 2 is 2.16 bits per heavy atom. The summed E-state index contributed by atoms with van der Waals surface area (Å²) in [6.45, 7) is 2.04. The van der Waals surface area contributed by atoms with Crippen LogP contribution in [-0.2, 0) is 19.9 Å². The third kappa shape index (κ3) is 3.25. The van der Waals surface area contributed by atoms with Gasteiger partial charge >= 0.3 is 0 Å². The van der Waals surface area contributed by atoms with Crippen molar-refractivity contribution in [2.24, 2.45) is 7.05 Å². The van der Waals surface area contributed by atoms with Crippen LogP contribution < -0.4 is 0 Å². The number of hydrogen-bond acceptors (Lipinski definition) is 2. The fourth-order valence-corrected chi connectivity index (χ4v) is 2.27. The molecule has 5 heteroatoms. The number of nitrogens with zero attached hydrogens (tertiary/aromatic N) is 2. The molecule has 0 aliphatic rings. The van der Waals surface area contributed by atoms with E-state index in [2.05, 4.69) is 21.0 Å². The Morgan fingerprint density at radius 3 is 2.74 bits per heavy atom. The number of benzene rings is 1. The predicted molar refractivity (Wildman–Crippen MR) is 79.8 cm³/mol. The molecule has 1 aromatic heterocycles. The van der Waals surface area contributed by atoms with E-state index in [0.29, 0.717) is 17.0 Å². The molecular weight excluding hydrogens is 328 g/mol. The molecule has 1 aromatic carbocycles. The molecule has 2 rings (SSSR count). The summed E-state index contributed by atoms with van der Waals surface area (Å²) >= 11 is 9.31. The van der Waals surface area contributed by atoms with E-state index < -0.39 is 0 Å². The Hall–Kier alpha value is -1.13. The van der Waals surface area contributed by atoms with Crippen molar-refractivity contribution in [3.8, 4) is 0 Å². The highest BCUT2D eigenvalue weighted by molar-refractivity contribution is 9.10. The fraction of sp³-hybridized carbons (Fsp3) is 0.286. The van der Waals surface area contributed by atoms with Crippen molar-refractivity contribution in [1.82, 2.24) is 9.78 Å². The van der Waals surface area contributed by atoms with Gasteiger partial charge in [-0.1, -0.05) is 24.6 Å². The highest BCUT2D eigenvalue weighted by atomic mass is 79.9. The zero-order valence-corrected chi connectivity index (χ0v) is 13.1. The summed E-state index contributed by atoms with van der Waals surface area (Å²) < 4.78 is 2.55. The van der Waals surface area contributed by atoms with E-state index in [1.54, 1.807) is 22.9 Å². The molecule has 1 heterocycles. The molecule has 0 aliphatic carbocycles. The Balaban J connectivity index is 2.20. The van der Waals surface area contributed by atoms with Crippen molar-refractivity contribution in [2.45, 2.75) is 19.8 Å². The molecular formula is C14H14BrClN2O. The number of carbonyl (C=O) groups excluding carboxylic acids is 1. The summed E-state index contributed by atoms with van der Waals surface area (Å²) in [5, 5.41) is 4.88. The normalized spacial score (nSPS) is 10.7. The van der Waals surface area contributed by atoms with Gasteiger partial charge in [0.2, 0.25) is 0 Å². The van der Waals surface area contributed by atoms with E-state index in [4.69, 9.17) is 11.6 Å². The van der Waals surface area contributed by atoms with E-state index in [9.17, 15) is 4.79 Å². The molecule has 19 heavy (non-hydrogen) atoms. The third-order valence-electron chi connectivity index (χ3n) is 2.97. The van der Waals surface area contributed by atoms with E-state index in [-0.39, 0.29) is 5.78 Å². The zero-order valence-electron chi connectivity index (χ0n) is 10.8. The average Bonchev–Trinajstić information content (AvgIpc) is 2.73. The molecule has 0 unspecified atom stereocenters. The minimum Gasteiger partial charge on any atom is -0.294 e. The van der Waals surface area contributed by atoms with Crippen molar-refractivity contribution < 1.29 is 4.79 Å². The van der Waals surface area contributed by atoms with Crippen molar-refractivity contribution >= 4 is 33.3 Å². The van der Waals surface area contributed by atoms with Crippen molar-refractivity contribution in [3.05, 3.63) is 50.7 Å². The van der Waals surface area contributed by atoms with Crippen LogP contribution in [0.3, 0.4) is 0 Å². The summed E-state index contributed by atoms with van der Waals surface area (Å²) in [4.78, 5) is 12.2. The summed E-state index contributed by atoms with van der Waals surface area (Å²) in [6, 6.07) is 7.22. The third-order valence-corrected chi connectivity index (χ3v) is 4.21. The number of aryl methyl sites for hydroxylation is 2. The molecule has 0 N–H and O–H groups in total. The molecule has 0 radical (unpaired) electrons. The standard InChI is InChI=1S/C14H14BrClN2O/c1-3-10-7-11(18(2)17-10)8-14(19)9-4-5-12(15)13(16)6-9/h4-7H,3,8H2,1-2H3. The molecule has 0 amide bonds. The second-order valence-corrected chi connectivity index (χ2v) is 5.59. The first-order valence-corrected chi connectivity index (χ1v) is 7.18. The van der Waals surface area contributed by atoms with Crippen LogP contribution in [-0.4, -0.2) is 15.6 Å². The number of aromatic nitrogens is 2. The maximum atomic E-state index is 12.2. The Morgan fingerprint density at radius 1 is 1.42 bits per heavy atom. The first-order chi connectivity index (χ1) is 9.01. The molecule has 0 saturated carbocycles. The maximum Gasteiger partial charge on any atom is 0.168 e. The second-order valence-electron chi connectivity index (χ2n) is 4.33. The largest absolute Gasteiger partial charge is 0.294 e. The van der Waals surface area contributed by atoms with Crippen LogP contribution in [0, 0.1) is 0 Å². The number of hydrogen-bond donors (Lipinski definition) is 0. The summed E-state index contributed by atoms with van der Waals surface area (Å²) in [6.07, 6.45) is 1.20. The lowest BCUT2D eigenvalue weighted by Crippen LogP contribution is -2.07. The molecule has 0 aliphatic heterocycles. The van der Waals surface area contributed by atoms with Gasteiger partial charge in [0, 0.05) is 22.8 Å².